The zero-order valence-corrected chi connectivity index (χ0v) is 15.8. The van der Waals surface area contributed by atoms with E-state index in [1.54, 1.807) is 44.4 Å². The number of amides is 2. The van der Waals surface area contributed by atoms with Crippen molar-refractivity contribution in [3.8, 4) is 11.4 Å². The summed E-state index contributed by atoms with van der Waals surface area (Å²) in [5, 5.41) is 14.4. The van der Waals surface area contributed by atoms with E-state index < -0.39 is 0 Å². The first-order valence-electron chi connectivity index (χ1n) is 8.54. The lowest BCUT2D eigenvalue weighted by Crippen LogP contribution is -2.23. The molecule has 9 heteroatoms. The molecule has 0 aliphatic heterocycles. The first-order valence-corrected chi connectivity index (χ1v) is 8.54. The SMILES string of the molecule is Cc1cccc(OCC(=O)Nc2ccc(-n3nnc(C(=O)N(C)C)n3)cc2)c1. The number of ether oxygens (including phenoxy) is 1. The minimum absolute atomic E-state index is 0.00989. The van der Waals surface area contributed by atoms with E-state index in [9.17, 15) is 9.59 Å². The number of nitrogens with zero attached hydrogens (tertiary/aromatic N) is 5. The second-order valence-corrected chi connectivity index (χ2v) is 6.30. The number of aromatic nitrogens is 4. The van der Waals surface area contributed by atoms with Crippen LogP contribution in [-0.2, 0) is 4.79 Å². The minimum atomic E-state index is -0.330. The van der Waals surface area contributed by atoms with Crippen molar-refractivity contribution in [3.63, 3.8) is 0 Å². The van der Waals surface area contributed by atoms with Crippen LogP contribution in [-0.4, -0.2) is 57.6 Å². The van der Waals surface area contributed by atoms with Crippen LogP contribution in [0.25, 0.3) is 5.69 Å². The van der Waals surface area contributed by atoms with E-state index in [1.807, 2.05) is 25.1 Å². The summed E-state index contributed by atoms with van der Waals surface area (Å²) in [6.07, 6.45) is 0. The van der Waals surface area contributed by atoms with Gasteiger partial charge >= 0.3 is 0 Å². The molecule has 0 saturated carbocycles. The molecular formula is C19H20N6O3. The van der Waals surface area contributed by atoms with Crippen LogP contribution in [0.5, 0.6) is 5.75 Å². The minimum Gasteiger partial charge on any atom is -0.484 e. The number of hydrogen-bond donors (Lipinski definition) is 1. The Kier molecular flexibility index (Phi) is 5.64. The molecular weight excluding hydrogens is 360 g/mol. The molecule has 1 aromatic heterocycles. The lowest BCUT2D eigenvalue weighted by atomic mass is 10.2. The van der Waals surface area contributed by atoms with Gasteiger partial charge in [-0.1, -0.05) is 12.1 Å². The molecule has 144 valence electrons. The van der Waals surface area contributed by atoms with Gasteiger partial charge in [0.2, 0.25) is 0 Å². The molecule has 0 saturated heterocycles. The Balaban J connectivity index is 1.58. The number of rotatable bonds is 6. The van der Waals surface area contributed by atoms with Gasteiger partial charge < -0.3 is 15.0 Å². The van der Waals surface area contributed by atoms with E-state index in [0.29, 0.717) is 17.1 Å². The number of nitrogens with one attached hydrogen (secondary N) is 1. The van der Waals surface area contributed by atoms with Crippen LogP contribution in [0.1, 0.15) is 16.2 Å². The predicted octanol–water partition coefficient (Wildman–Crippen LogP) is 1.69. The van der Waals surface area contributed by atoms with Crippen LogP contribution in [0.2, 0.25) is 0 Å². The van der Waals surface area contributed by atoms with Crippen LogP contribution in [0, 0.1) is 6.92 Å². The van der Waals surface area contributed by atoms with Crippen LogP contribution in [0.15, 0.2) is 48.5 Å². The van der Waals surface area contributed by atoms with E-state index in [4.69, 9.17) is 4.74 Å². The maximum absolute atomic E-state index is 12.0. The highest BCUT2D eigenvalue weighted by molar-refractivity contribution is 5.92. The molecule has 3 rings (SSSR count). The molecule has 0 atom stereocenters. The van der Waals surface area contributed by atoms with Gasteiger partial charge in [-0.2, -0.15) is 0 Å². The van der Waals surface area contributed by atoms with Gasteiger partial charge in [0.25, 0.3) is 17.6 Å². The second kappa shape index (κ2) is 8.30. The third-order valence-electron chi connectivity index (χ3n) is 3.75. The number of benzene rings is 2. The molecule has 2 amide bonds. The first kappa shape index (κ1) is 19.0. The van der Waals surface area contributed by atoms with Gasteiger partial charge in [-0.15, -0.1) is 15.0 Å². The second-order valence-electron chi connectivity index (χ2n) is 6.30. The Bertz CT molecular complexity index is 981. The van der Waals surface area contributed by atoms with Gasteiger partial charge in [0.05, 0.1) is 5.69 Å². The van der Waals surface area contributed by atoms with Gasteiger partial charge in [-0.25, -0.2) is 0 Å². The molecule has 0 fully saturated rings. The van der Waals surface area contributed by atoms with Gasteiger partial charge in [0.1, 0.15) is 5.75 Å². The van der Waals surface area contributed by atoms with Crippen molar-refractivity contribution >= 4 is 17.5 Å². The summed E-state index contributed by atoms with van der Waals surface area (Å²) in [6.45, 7) is 1.86. The smallest absolute Gasteiger partial charge is 0.294 e. The molecule has 1 heterocycles. The molecule has 0 spiro atoms. The average Bonchev–Trinajstić information content (AvgIpc) is 3.16. The summed E-state index contributed by atoms with van der Waals surface area (Å²) in [7, 11) is 3.23. The van der Waals surface area contributed by atoms with Gasteiger partial charge in [-0.05, 0) is 54.1 Å². The largest absolute Gasteiger partial charge is 0.484 e. The zero-order chi connectivity index (χ0) is 20.1. The molecule has 2 aromatic carbocycles. The van der Waals surface area contributed by atoms with E-state index in [2.05, 4.69) is 20.7 Å². The fraction of sp³-hybridized carbons (Fsp3) is 0.211. The summed E-state index contributed by atoms with van der Waals surface area (Å²) >= 11 is 0. The molecule has 28 heavy (non-hydrogen) atoms. The Labute approximate surface area is 161 Å². The quantitative estimate of drug-likeness (QED) is 0.698. The van der Waals surface area contributed by atoms with E-state index in [0.717, 1.165) is 5.56 Å². The topological polar surface area (TPSA) is 102 Å². The van der Waals surface area contributed by atoms with Crippen molar-refractivity contribution in [1.29, 1.82) is 0 Å². The highest BCUT2D eigenvalue weighted by Gasteiger charge is 2.15. The lowest BCUT2D eigenvalue weighted by molar-refractivity contribution is -0.118. The van der Waals surface area contributed by atoms with Crippen molar-refractivity contribution in [2.45, 2.75) is 6.92 Å². The van der Waals surface area contributed by atoms with Crippen molar-refractivity contribution in [1.82, 2.24) is 25.1 Å². The molecule has 0 unspecified atom stereocenters. The summed E-state index contributed by atoms with van der Waals surface area (Å²) in [4.78, 5) is 26.5. The maximum Gasteiger partial charge on any atom is 0.294 e. The Morgan fingerprint density at radius 2 is 1.89 bits per heavy atom. The number of tetrazole rings is 1. The third kappa shape index (κ3) is 4.70. The Hall–Kier alpha value is -3.75. The molecule has 0 radical (unpaired) electrons. The van der Waals surface area contributed by atoms with E-state index >= 15 is 0 Å². The highest BCUT2D eigenvalue weighted by Crippen LogP contribution is 2.14. The predicted molar refractivity (Wildman–Crippen MR) is 102 cm³/mol. The van der Waals surface area contributed by atoms with Crippen LogP contribution in [0.4, 0.5) is 5.69 Å². The molecule has 0 bridgehead atoms. The summed E-state index contributed by atoms with van der Waals surface area (Å²) in [6, 6.07) is 14.3. The number of carbonyl (C=O) groups is 2. The normalized spacial score (nSPS) is 10.4. The molecule has 1 N–H and O–H groups in total. The van der Waals surface area contributed by atoms with Gasteiger partial charge in [-0.3, -0.25) is 9.59 Å². The van der Waals surface area contributed by atoms with Crippen LogP contribution >= 0.6 is 0 Å². The number of hydrogen-bond acceptors (Lipinski definition) is 6. The lowest BCUT2D eigenvalue weighted by Gasteiger charge is -2.08. The Morgan fingerprint density at radius 3 is 2.57 bits per heavy atom. The van der Waals surface area contributed by atoms with Gasteiger partial charge in [0.15, 0.2) is 6.61 Å². The number of anilines is 1. The van der Waals surface area contributed by atoms with Crippen molar-refractivity contribution in [3.05, 3.63) is 59.9 Å². The first-order chi connectivity index (χ1) is 13.4. The molecule has 9 nitrogen and oxygen atoms in total. The Morgan fingerprint density at radius 1 is 1.14 bits per heavy atom. The summed E-state index contributed by atoms with van der Waals surface area (Å²) < 4.78 is 5.48. The standard InChI is InChI=1S/C19H20N6O3/c1-13-5-4-6-16(11-13)28-12-17(26)20-14-7-9-15(10-8-14)25-22-18(21-23-25)19(27)24(2)3/h4-11H,12H2,1-3H3,(H,20,26). The fourth-order valence-corrected chi connectivity index (χ4v) is 2.34. The van der Waals surface area contributed by atoms with Crippen LogP contribution < -0.4 is 10.1 Å². The van der Waals surface area contributed by atoms with Crippen molar-refractivity contribution in [2.24, 2.45) is 0 Å². The van der Waals surface area contributed by atoms with Crippen molar-refractivity contribution in [2.75, 3.05) is 26.0 Å². The molecule has 0 aliphatic rings. The number of aryl methyl sites for hydroxylation is 1. The van der Waals surface area contributed by atoms with E-state index in [-0.39, 0.29) is 24.2 Å². The average molecular weight is 380 g/mol. The zero-order valence-electron chi connectivity index (χ0n) is 15.8. The van der Waals surface area contributed by atoms with E-state index in [1.165, 1.54) is 9.70 Å². The number of carbonyl (C=O) groups excluding carboxylic acids is 2. The maximum atomic E-state index is 12.0. The summed E-state index contributed by atoms with van der Waals surface area (Å²) in [5.74, 6) is 0.0530. The van der Waals surface area contributed by atoms with Crippen LogP contribution in [0.3, 0.4) is 0 Å². The molecule has 3 aromatic rings. The monoisotopic (exact) mass is 380 g/mol. The van der Waals surface area contributed by atoms with Crippen molar-refractivity contribution < 1.29 is 14.3 Å². The summed E-state index contributed by atoms with van der Waals surface area (Å²) in [5.41, 5.74) is 2.27. The molecule has 0 aliphatic carbocycles. The van der Waals surface area contributed by atoms with Gasteiger partial charge in [0, 0.05) is 19.8 Å². The fourth-order valence-electron chi connectivity index (χ4n) is 2.34. The third-order valence-corrected chi connectivity index (χ3v) is 3.75. The highest BCUT2D eigenvalue weighted by atomic mass is 16.5.